The van der Waals surface area contributed by atoms with Gasteiger partial charge in [-0.25, -0.2) is 0 Å². The van der Waals surface area contributed by atoms with Crippen molar-refractivity contribution in [2.75, 3.05) is 0 Å². The Balaban J connectivity index is 2.42. The van der Waals surface area contributed by atoms with E-state index < -0.39 is 0 Å². The molecule has 1 saturated carbocycles. The third kappa shape index (κ3) is 6.82. The second kappa shape index (κ2) is 8.68. The van der Waals surface area contributed by atoms with Crippen molar-refractivity contribution in [2.45, 2.75) is 83.7 Å². The molecular weight excluding hydrogens is 212 g/mol. The van der Waals surface area contributed by atoms with E-state index in [1.54, 1.807) is 6.92 Å². The van der Waals surface area contributed by atoms with Crippen molar-refractivity contribution in [3.8, 4) is 0 Å². The van der Waals surface area contributed by atoms with Crippen LogP contribution >= 0.6 is 0 Å². The molecule has 0 bridgehead atoms. The molecule has 2 nitrogen and oxygen atoms in total. The van der Waals surface area contributed by atoms with Gasteiger partial charge in [0.05, 0.1) is 6.10 Å². The topological polar surface area (TPSA) is 37.3 Å². The zero-order valence-corrected chi connectivity index (χ0v) is 11.3. The van der Waals surface area contributed by atoms with Crippen LogP contribution in [0.3, 0.4) is 0 Å². The van der Waals surface area contributed by atoms with E-state index in [9.17, 15) is 9.90 Å². The zero-order chi connectivity index (χ0) is 12.5. The van der Waals surface area contributed by atoms with Crippen LogP contribution in [-0.4, -0.2) is 17.0 Å². The van der Waals surface area contributed by atoms with Crippen LogP contribution in [0, 0.1) is 5.92 Å². The number of aliphatic hydroxyl groups is 1. The Hall–Kier alpha value is -0.370. The smallest absolute Gasteiger partial charge is 0.136 e. The number of rotatable bonds is 2. The molecule has 2 heteroatoms. The Kier molecular flexibility index (Phi) is 7.50. The number of ketones is 1. The Morgan fingerprint density at radius 1 is 1.06 bits per heavy atom. The fourth-order valence-electron chi connectivity index (χ4n) is 2.78. The molecule has 0 radical (unpaired) electrons. The third-order valence-electron chi connectivity index (χ3n) is 3.81. The second-order valence-electron chi connectivity index (χ2n) is 5.62. The molecule has 0 saturated heterocycles. The van der Waals surface area contributed by atoms with E-state index in [0.29, 0.717) is 12.2 Å². The van der Waals surface area contributed by atoms with Crippen molar-refractivity contribution in [1.82, 2.24) is 0 Å². The summed E-state index contributed by atoms with van der Waals surface area (Å²) in [7, 11) is 0. The van der Waals surface area contributed by atoms with E-state index in [0.717, 1.165) is 25.7 Å². The standard InChI is InChI=1S/C15H28O2/c1-13(16)12-14-10-8-6-4-2-3-5-7-9-11-15(14)17/h13-14,16H,2-12H2,1H3. The minimum Gasteiger partial charge on any atom is -0.393 e. The predicted molar refractivity (Wildman–Crippen MR) is 71.0 cm³/mol. The lowest BCUT2D eigenvalue weighted by molar-refractivity contribution is -0.124. The van der Waals surface area contributed by atoms with Gasteiger partial charge in [0, 0.05) is 12.3 Å². The lowest BCUT2D eigenvalue weighted by atomic mass is 9.88. The summed E-state index contributed by atoms with van der Waals surface area (Å²) in [6.07, 6.45) is 12.0. The largest absolute Gasteiger partial charge is 0.393 e. The normalized spacial score (nSPS) is 26.9. The van der Waals surface area contributed by atoms with Gasteiger partial charge in [0.2, 0.25) is 0 Å². The van der Waals surface area contributed by atoms with Gasteiger partial charge < -0.3 is 5.11 Å². The summed E-state index contributed by atoms with van der Waals surface area (Å²) in [5.74, 6) is 0.515. The van der Waals surface area contributed by atoms with Gasteiger partial charge in [-0.3, -0.25) is 4.79 Å². The molecule has 2 unspecified atom stereocenters. The zero-order valence-electron chi connectivity index (χ0n) is 11.3. The number of carbonyl (C=O) groups is 1. The molecule has 0 heterocycles. The van der Waals surface area contributed by atoms with Crippen molar-refractivity contribution in [1.29, 1.82) is 0 Å². The van der Waals surface area contributed by atoms with Crippen molar-refractivity contribution >= 4 is 5.78 Å². The Morgan fingerprint density at radius 3 is 2.18 bits per heavy atom. The van der Waals surface area contributed by atoms with E-state index in [1.165, 1.54) is 38.5 Å². The first-order chi connectivity index (χ1) is 8.20. The van der Waals surface area contributed by atoms with Crippen LogP contribution in [0.15, 0.2) is 0 Å². The molecule has 0 amide bonds. The maximum absolute atomic E-state index is 12.1. The van der Waals surface area contributed by atoms with Crippen LogP contribution < -0.4 is 0 Å². The Labute approximate surface area is 106 Å². The van der Waals surface area contributed by atoms with Gasteiger partial charge >= 0.3 is 0 Å². The molecule has 1 fully saturated rings. The van der Waals surface area contributed by atoms with Crippen molar-refractivity contribution in [3.05, 3.63) is 0 Å². The van der Waals surface area contributed by atoms with Gasteiger partial charge in [0.15, 0.2) is 0 Å². The van der Waals surface area contributed by atoms with Crippen LogP contribution in [0.2, 0.25) is 0 Å². The molecule has 17 heavy (non-hydrogen) atoms. The number of carbonyl (C=O) groups excluding carboxylic acids is 1. The van der Waals surface area contributed by atoms with E-state index in [-0.39, 0.29) is 12.0 Å². The highest BCUT2D eigenvalue weighted by atomic mass is 16.3. The van der Waals surface area contributed by atoms with Crippen molar-refractivity contribution < 1.29 is 9.90 Å². The highest BCUT2D eigenvalue weighted by Crippen LogP contribution is 2.22. The molecule has 1 rings (SSSR count). The lowest BCUT2D eigenvalue weighted by Gasteiger charge is -2.18. The molecule has 1 aliphatic carbocycles. The highest BCUT2D eigenvalue weighted by Gasteiger charge is 2.19. The summed E-state index contributed by atoms with van der Waals surface area (Å²) in [4.78, 5) is 12.1. The average molecular weight is 240 g/mol. The maximum Gasteiger partial charge on any atom is 0.136 e. The van der Waals surface area contributed by atoms with Crippen LogP contribution in [0.1, 0.15) is 77.6 Å². The molecule has 0 aromatic heterocycles. The fraction of sp³-hybridized carbons (Fsp3) is 0.933. The molecule has 1 N–H and O–H groups in total. The third-order valence-corrected chi connectivity index (χ3v) is 3.81. The molecule has 0 aliphatic heterocycles. The fourth-order valence-corrected chi connectivity index (χ4v) is 2.78. The first-order valence-electron chi connectivity index (χ1n) is 7.41. The Morgan fingerprint density at radius 2 is 1.59 bits per heavy atom. The summed E-state index contributed by atoms with van der Waals surface area (Å²) in [6, 6.07) is 0. The summed E-state index contributed by atoms with van der Waals surface area (Å²) in [5.41, 5.74) is 0. The molecule has 0 aromatic rings. The summed E-state index contributed by atoms with van der Waals surface area (Å²) in [6.45, 7) is 1.80. The van der Waals surface area contributed by atoms with Crippen molar-refractivity contribution in [2.24, 2.45) is 5.92 Å². The maximum atomic E-state index is 12.1. The van der Waals surface area contributed by atoms with E-state index in [4.69, 9.17) is 0 Å². The molecule has 1 aliphatic rings. The number of Topliss-reactive ketones (excluding diaryl/α,β-unsaturated/α-hetero) is 1. The van der Waals surface area contributed by atoms with Crippen LogP contribution in [0.25, 0.3) is 0 Å². The molecule has 0 spiro atoms. The van der Waals surface area contributed by atoms with Crippen LogP contribution in [0.5, 0.6) is 0 Å². The Bertz CT molecular complexity index is 211. The second-order valence-corrected chi connectivity index (χ2v) is 5.62. The van der Waals surface area contributed by atoms with Gasteiger partial charge in [-0.15, -0.1) is 0 Å². The molecule has 100 valence electrons. The van der Waals surface area contributed by atoms with Crippen LogP contribution in [0.4, 0.5) is 0 Å². The van der Waals surface area contributed by atoms with Gasteiger partial charge in [-0.2, -0.15) is 0 Å². The van der Waals surface area contributed by atoms with Gasteiger partial charge in [-0.1, -0.05) is 44.9 Å². The van der Waals surface area contributed by atoms with Crippen molar-refractivity contribution in [3.63, 3.8) is 0 Å². The number of hydrogen-bond donors (Lipinski definition) is 1. The first-order valence-corrected chi connectivity index (χ1v) is 7.41. The highest BCUT2D eigenvalue weighted by molar-refractivity contribution is 5.80. The lowest BCUT2D eigenvalue weighted by Crippen LogP contribution is -2.19. The quantitative estimate of drug-likeness (QED) is 0.796. The molecule has 0 aromatic carbocycles. The summed E-state index contributed by atoms with van der Waals surface area (Å²) < 4.78 is 0. The first kappa shape index (κ1) is 14.7. The monoisotopic (exact) mass is 240 g/mol. The van der Waals surface area contributed by atoms with Gasteiger partial charge in [0.1, 0.15) is 5.78 Å². The number of hydrogen-bond acceptors (Lipinski definition) is 2. The van der Waals surface area contributed by atoms with E-state index in [1.807, 2.05) is 0 Å². The summed E-state index contributed by atoms with van der Waals surface area (Å²) in [5, 5.41) is 9.46. The minimum absolute atomic E-state index is 0.120. The number of aliphatic hydroxyl groups excluding tert-OH is 1. The molecular formula is C15H28O2. The SMILES string of the molecule is CC(O)CC1CCCCCCCCCCC1=O. The van der Waals surface area contributed by atoms with Crippen LogP contribution in [-0.2, 0) is 4.79 Å². The summed E-state index contributed by atoms with van der Waals surface area (Å²) >= 11 is 0. The minimum atomic E-state index is -0.336. The van der Waals surface area contributed by atoms with E-state index >= 15 is 0 Å². The van der Waals surface area contributed by atoms with E-state index in [2.05, 4.69) is 0 Å². The molecule has 2 atom stereocenters. The van der Waals surface area contributed by atoms with Gasteiger partial charge in [0.25, 0.3) is 0 Å². The van der Waals surface area contributed by atoms with Gasteiger partial charge in [-0.05, 0) is 26.2 Å². The predicted octanol–water partition coefficient (Wildman–Crippen LogP) is 3.86. The average Bonchev–Trinajstić information content (AvgIpc) is 2.27.